The zero-order valence-electron chi connectivity index (χ0n) is 19.0. The molecular formula is C29H24O6. The first-order valence-electron chi connectivity index (χ1n) is 11.1. The molecule has 35 heavy (non-hydrogen) atoms. The minimum absolute atomic E-state index is 0.0919. The number of para-hydroxylation sites is 1. The first-order chi connectivity index (χ1) is 17.2. The third kappa shape index (κ3) is 7.20. The van der Waals surface area contributed by atoms with Crippen LogP contribution in [0.4, 0.5) is 0 Å². The second-order valence-electron chi connectivity index (χ2n) is 7.48. The summed E-state index contributed by atoms with van der Waals surface area (Å²) in [4.78, 5) is 24.5. The summed E-state index contributed by atoms with van der Waals surface area (Å²) in [5, 5.41) is 0. The van der Waals surface area contributed by atoms with E-state index in [9.17, 15) is 9.59 Å². The molecule has 4 rings (SSSR count). The molecule has 0 bridgehead atoms. The molecule has 6 nitrogen and oxygen atoms in total. The lowest BCUT2D eigenvalue weighted by molar-refractivity contribution is -0.136. The van der Waals surface area contributed by atoms with Gasteiger partial charge in [-0.15, -0.1) is 0 Å². The highest BCUT2D eigenvalue weighted by atomic mass is 16.6. The summed E-state index contributed by atoms with van der Waals surface area (Å²) < 4.78 is 21.6. The molecule has 0 atom stereocenters. The summed E-state index contributed by atoms with van der Waals surface area (Å²) in [7, 11) is 0. The molecule has 0 saturated carbocycles. The molecule has 0 N–H and O–H groups in total. The van der Waals surface area contributed by atoms with Gasteiger partial charge in [-0.3, -0.25) is 0 Å². The Kier molecular flexibility index (Phi) is 8.11. The second kappa shape index (κ2) is 12.0. The van der Waals surface area contributed by atoms with Gasteiger partial charge in [0.15, 0.2) is 6.61 Å². The maximum atomic E-state index is 12.3. The fourth-order valence-electron chi connectivity index (χ4n) is 3.26. The normalized spacial score (nSPS) is 10.3. The molecule has 0 aliphatic heterocycles. The molecule has 4 aromatic carbocycles. The summed E-state index contributed by atoms with van der Waals surface area (Å²) in [5.74, 6) is 0.365. The van der Waals surface area contributed by atoms with Crippen molar-refractivity contribution in [1.29, 1.82) is 0 Å². The molecule has 0 aromatic heterocycles. The summed E-state index contributed by atoms with van der Waals surface area (Å²) in [6.07, 6.45) is 0. The van der Waals surface area contributed by atoms with E-state index >= 15 is 0 Å². The molecule has 6 heteroatoms. The van der Waals surface area contributed by atoms with Crippen molar-refractivity contribution in [2.24, 2.45) is 0 Å². The Bertz CT molecular complexity index is 1240. The highest BCUT2D eigenvalue weighted by Crippen LogP contribution is 2.22. The van der Waals surface area contributed by atoms with Gasteiger partial charge < -0.3 is 18.9 Å². The number of rotatable bonds is 10. The molecule has 0 fully saturated rings. The van der Waals surface area contributed by atoms with Crippen molar-refractivity contribution < 1.29 is 28.5 Å². The fourth-order valence-corrected chi connectivity index (χ4v) is 3.26. The second-order valence-corrected chi connectivity index (χ2v) is 7.48. The van der Waals surface area contributed by atoms with E-state index in [2.05, 4.69) is 0 Å². The number of carbonyl (C=O) groups is 2. The van der Waals surface area contributed by atoms with E-state index in [1.54, 1.807) is 30.3 Å². The van der Waals surface area contributed by atoms with Crippen LogP contribution in [0.3, 0.4) is 0 Å². The Labute approximate surface area is 203 Å². The Morgan fingerprint density at radius 1 is 0.571 bits per heavy atom. The topological polar surface area (TPSA) is 71.1 Å². The van der Waals surface area contributed by atoms with Crippen LogP contribution in [0.25, 0.3) is 11.1 Å². The minimum Gasteiger partial charge on any atom is -0.490 e. The van der Waals surface area contributed by atoms with Gasteiger partial charge in [0, 0.05) is 0 Å². The highest BCUT2D eigenvalue weighted by Gasteiger charge is 2.11. The molecule has 0 saturated heterocycles. The Hall–Kier alpha value is -4.58. The van der Waals surface area contributed by atoms with Gasteiger partial charge in [-0.05, 0) is 53.6 Å². The van der Waals surface area contributed by atoms with Crippen LogP contribution < -0.4 is 14.2 Å². The smallest absolute Gasteiger partial charge is 0.349 e. The van der Waals surface area contributed by atoms with Gasteiger partial charge in [-0.25, -0.2) is 9.59 Å². The molecule has 4 aromatic rings. The first-order valence-corrected chi connectivity index (χ1v) is 11.1. The summed E-state index contributed by atoms with van der Waals surface area (Å²) in [5.41, 5.74) is 2.42. The predicted molar refractivity (Wildman–Crippen MR) is 132 cm³/mol. The molecule has 0 aliphatic carbocycles. The fraction of sp³-hybridized carbons (Fsp3) is 0.103. The Balaban J connectivity index is 1.22. The van der Waals surface area contributed by atoms with Gasteiger partial charge in [0.2, 0.25) is 0 Å². The van der Waals surface area contributed by atoms with Crippen molar-refractivity contribution in [2.45, 2.75) is 0 Å². The molecule has 0 aliphatic rings. The van der Waals surface area contributed by atoms with Crippen LogP contribution in [0, 0.1) is 0 Å². The molecule has 0 unspecified atom stereocenters. The lowest BCUT2D eigenvalue weighted by Crippen LogP contribution is -2.18. The van der Waals surface area contributed by atoms with Crippen molar-refractivity contribution in [2.75, 3.05) is 19.8 Å². The van der Waals surface area contributed by atoms with Gasteiger partial charge in [0.05, 0.1) is 5.56 Å². The molecule has 0 spiro atoms. The predicted octanol–water partition coefficient (Wildman–Crippen LogP) is 5.57. The lowest BCUT2D eigenvalue weighted by atomic mass is 10.1. The molecule has 176 valence electrons. The largest absolute Gasteiger partial charge is 0.490 e. The zero-order chi connectivity index (χ0) is 24.3. The number of ether oxygens (including phenoxy) is 4. The van der Waals surface area contributed by atoms with E-state index in [4.69, 9.17) is 18.9 Å². The standard InChI is InChI=1S/C29H24O6/c30-28(21-34-26-16-14-23(15-17-26)22-8-3-1-4-9-22)35-27-13-7-10-24(20-27)29(31)33-19-18-32-25-11-5-2-6-12-25/h1-17,20H,18-19,21H2. The SMILES string of the molecule is O=C(COc1ccc(-c2ccccc2)cc1)Oc1cccc(C(=O)OCCOc2ccccc2)c1. The van der Waals surface area contributed by atoms with Crippen LogP contribution in [0.15, 0.2) is 109 Å². The van der Waals surface area contributed by atoms with Crippen molar-refractivity contribution in [3.8, 4) is 28.4 Å². The third-order valence-electron chi connectivity index (χ3n) is 4.95. The van der Waals surface area contributed by atoms with Gasteiger partial charge in [0.25, 0.3) is 0 Å². The average molecular weight is 469 g/mol. The van der Waals surface area contributed by atoms with E-state index in [0.717, 1.165) is 11.1 Å². The van der Waals surface area contributed by atoms with Crippen molar-refractivity contribution in [1.82, 2.24) is 0 Å². The summed E-state index contributed by atoms with van der Waals surface area (Å²) in [6.45, 7) is 0.0545. The molecule has 0 amide bonds. The van der Waals surface area contributed by atoms with Crippen molar-refractivity contribution in [3.05, 3.63) is 115 Å². The minimum atomic E-state index is -0.584. The van der Waals surface area contributed by atoms with Gasteiger partial charge in [-0.2, -0.15) is 0 Å². The third-order valence-corrected chi connectivity index (χ3v) is 4.95. The number of esters is 2. The summed E-state index contributed by atoms with van der Waals surface area (Å²) >= 11 is 0. The van der Waals surface area contributed by atoms with Crippen LogP contribution in [-0.4, -0.2) is 31.8 Å². The highest BCUT2D eigenvalue weighted by molar-refractivity contribution is 5.90. The Morgan fingerprint density at radius 2 is 1.20 bits per heavy atom. The van der Waals surface area contributed by atoms with E-state index in [0.29, 0.717) is 11.5 Å². The number of benzene rings is 4. The molecule has 0 heterocycles. The van der Waals surface area contributed by atoms with Gasteiger partial charge in [0.1, 0.15) is 30.5 Å². The van der Waals surface area contributed by atoms with E-state index in [1.165, 1.54) is 6.07 Å². The monoisotopic (exact) mass is 468 g/mol. The Morgan fingerprint density at radius 3 is 1.94 bits per heavy atom. The number of hydrogen-bond acceptors (Lipinski definition) is 6. The van der Waals surface area contributed by atoms with E-state index < -0.39 is 11.9 Å². The maximum absolute atomic E-state index is 12.3. The lowest BCUT2D eigenvalue weighted by Gasteiger charge is -2.09. The van der Waals surface area contributed by atoms with Crippen molar-refractivity contribution >= 4 is 11.9 Å². The number of carbonyl (C=O) groups excluding carboxylic acids is 2. The maximum Gasteiger partial charge on any atom is 0.349 e. The quantitative estimate of drug-likeness (QED) is 0.172. The zero-order valence-corrected chi connectivity index (χ0v) is 19.0. The molecular weight excluding hydrogens is 444 g/mol. The average Bonchev–Trinajstić information content (AvgIpc) is 2.91. The van der Waals surface area contributed by atoms with Gasteiger partial charge >= 0.3 is 11.9 Å². The van der Waals surface area contributed by atoms with Crippen molar-refractivity contribution in [3.63, 3.8) is 0 Å². The van der Waals surface area contributed by atoms with Crippen LogP contribution in [0.1, 0.15) is 10.4 Å². The van der Waals surface area contributed by atoms with Crippen LogP contribution in [0.5, 0.6) is 17.2 Å². The van der Waals surface area contributed by atoms with E-state index in [1.807, 2.05) is 72.8 Å². The van der Waals surface area contributed by atoms with Crippen LogP contribution >= 0.6 is 0 Å². The van der Waals surface area contributed by atoms with Gasteiger partial charge in [-0.1, -0.05) is 66.7 Å². The summed E-state index contributed by atoms with van der Waals surface area (Å²) in [6, 6.07) is 32.9. The van der Waals surface area contributed by atoms with Crippen LogP contribution in [0.2, 0.25) is 0 Å². The number of hydrogen-bond donors (Lipinski definition) is 0. The van der Waals surface area contributed by atoms with Crippen LogP contribution in [-0.2, 0) is 9.53 Å². The first kappa shape index (κ1) is 23.6. The van der Waals surface area contributed by atoms with E-state index in [-0.39, 0.29) is 31.1 Å². The molecule has 0 radical (unpaired) electrons.